The van der Waals surface area contributed by atoms with E-state index in [1.165, 1.54) is 24.8 Å². The van der Waals surface area contributed by atoms with Crippen LogP contribution in [0.15, 0.2) is 24.3 Å². The number of nitrogens with one attached hydrogen (secondary N) is 1. The fourth-order valence-electron chi connectivity index (χ4n) is 2.26. The molecule has 1 saturated carbocycles. The molecule has 1 aliphatic rings. The smallest absolute Gasteiger partial charge is 0.247 e. The number of tetrazole rings is 1. The van der Waals surface area contributed by atoms with E-state index in [4.69, 9.17) is 0 Å². The van der Waals surface area contributed by atoms with Gasteiger partial charge in [-0.05, 0) is 54.2 Å². The average Bonchev–Trinajstić information content (AvgIpc) is 3.07. The van der Waals surface area contributed by atoms with E-state index < -0.39 is 0 Å². The second kappa shape index (κ2) is 4.64. The molecule has 0 spiro atoms. The van der Waals surface area contributed by atoms with Gasteiger partial charge in [0.05, 0.1) is 5.69 Å². The third kappa shape index (κ3) is 2.45. The number of hydrogen-bond donors (Lipinski definition) is 1. The van der Waals surface area contributed by atoms with Crippen molar-refractivity contribution in [1.82, 2.24) is 20.2 Å². The van der Waals surface area contributed by atoms with E-state index in [0.717, 1.165) is 18.2 Å². The fourth-order valence-corrected chi connectivity index (χ4v) is 2.26. The number of nitrogens with zero attached hydrogens (tertiary/aromatic N) is 4. The van der Waals surface area contributed by atoms with Crippen molar-refractivity contribution < 1.29 is 0 Å². The quantitative estimate of drug-likeness (QED) is 0.894. The van der Waals surface area contributed by atoms with Crippen LogP contribution in [-0.4, -0.2) is 26.8 Å². The lowest BCUT2D eigenvalue weighted by Gasteiger charge is -2.13. The topological polar surface area (TPSA) is 55.6 Å². The molecule has 5 heteroatoms. The van der Waals surface area contributed by atoms with E-state index in [1.807, 2.05) is 12.1 Å². The van der Waals surface area contributed by atoms with Gasteiger partial charge in [0.1, 0.15) is 0 Å². The Kier molecular flexibility index (Phi) is 2.97. The van der Waals surface area contributed by atoms with Gasteiger partial charge in [0.15, 0.2) is 0 Å². The van der Waals surface area contributed by atoms with E-state index in [0.29, 0.717) is 5.41 Å². The van der Waals surface area contributed by atoms with E-state index in [9.17, 15) is 0 Å². The Balaban J connectivity index is 1.76. The lowest BCUT2D eigenvalue weighted by Crippen LogP contribution is -2.17. The summed E-state index contributed by atoms with van der Waals surface area (Å²) in [5.41, 5.74) is 2.69. The second-order valence-corrected chi connectivity index (χ2v) is 5.46. The highest BCUT2D eigenvalue weighted by atomic mass is 15.6. The van der Waals surface area contributed by atoms with Crippen molar-refractivity contribution in [1.29, 1.82) is 0 Å². The summed E-state index contributed by atoms with van der Waals surface area (Å²) in [4.78, 5) is 0. The molecule has 19 heavy (non-hydrogen) atoms. The molecular formula is C14H19N5. The van der Waals surface area contributed by atoms with Crippen molar-refractivity contribution in [3.05, 3.63) is 29.8 Å². The Morgan fingerprint density at radius 3 is 2.63 bits per heavy atom. The molecule has 1 N–H and O–H groups in total. The van der Waals surface area contributed by atoms with Gasteiger partial charge in [0.25, 0.3) is 0 Å². The minimum absolute atomic E-state index is 0.476. The molecule has 1 aromatic heterocycles. The van der Waals surface area contributed by atoms with Crippen LogP contribution in [0.2, 0.25) is 0 Å². The molecule has 0 saturated heterocycles. The van der Waals surface area contributed by atoms with Gasteiger partial charge < -0.3 is 5.32 Å². The van der Waals surface area contributed by atoms with E-state index in [-0.39, 0.29) is 0 Å². The second-order valence-electron chi connectivity index (χ2n) is 5.46. The summed E-state index contributed by atoms with van der Waals surface area (Å²) >= 11 is 0. The minimum Gasteiger partial charge on any atom is -0.352 e. The molecular weight excluding hydrogens is 238 g/mol. The van der Waals surface area contributed by atoms with Gasteiger partial charge in [-0.25, -0.2) is 0 Å². The highest BCUT2D eigenvalue weighted by Gasteiger charge is 2.40. The molecule has 1 fully saturated rings. The first kappa shape index (κ1) is 12.1. The molecule has 3 rings (SSSR count). The Morgan fingerprint density at radius 1 is 1.26 bits per heavy atom. The van der Waals surface area contributed by atoms with Gasteiger partial charge in [0.2, 0.25) is 5.95 Å². The van der Waals surface area contributed by atoms with Crippen molar-refractivity contribution >= 4 is 5.95 Å². The fraction of sp³-hybridized carbons (Fsp3) is 0.500. The highest BCUT2D eigenvalue weighted by Crippen LogP contribution is 2.48. The van der Waals surface area contributed by atoms with Crippen molar-refractivity contribution in [2.45, 2.75) is 33.1 Å². The van der Waals surface area contributed by atoms with Gasteiger partial charge >= 0.3 is 0 Å². The highest BCUT2D eigenvalue weighted by molar-refractivity contribution is 5.40. The van der Waals surface area contributed by atoms with Crippen LogP contribution in [0.1, 0.15) is 31.7 Å². The number of hydrogen-bond acceptors (Lipinski definition) is 4. The monoisotopic (exact) mass is 257 g/mol. The SMILES string of the molecule is CCC1(CNc2nnnn2-c2ccc(C)cc2)CC1. The van der Waals surface area contributed by atoms with Crippen LogP contribution < -0.4 is 5.32 Å². The van der Waals surface area contributed by atoms with Gasteiger partial charge in [-0.15, -0.1) is 0 Å². The van der Waals surface area contributed by atoms with Gasteiger partial charge in [-0.3, -0.25) is 0 Å². The third-order valence-electron chi connectivity index (χ3n) is 4.08. The summed E-state index contributed by atoms with van der Waals surface area (Å²) in [6.45, 7) is 5.27. The zero-order chi connectivity index (χ0) is 13.3. The first-order valence-corrected chi connectivity index (χ1v) is 6.82. The van der Waals surface area contributed by atoms with E-state index in [2.05, 4.69) is 46.8 Å². The van der Waals surface area contributed by atoms with E-state index >= 15 is 0 Å². The van der Waals surface area contributed by atoms with Crippen molar-refractivity contribution in [3.8, 4) is 5.69 Å². The number of aromatic nitrogens is 4. The molecule has 1 aliphatic carbocycles. The maximum Gasteiger partial charge on any atom is 0.247 e. The largest absolute Gasteiger partial charge is 0.352 e. The first-order valence-electron chi connectivity index (χ1n) is 6.82. The normalized spacial score (nSPS) is 16.3. The van der Waals surface area contributed by atoms with E-state index in [1.54, 1.807) is 4.68 Å². The minimum atomic E-state index is 0.476. The Bertz CT molecular complexity index is 553. The molecule has 1 heterocycles. The molecule has 0 bridgehead atoms. The number of benzene rings is 1. The number of rotatable bonds is 5. The predicted octanol–water partition coefficient (Wildman–Crippen LogP) is 2.57. The van der Waals surface area contributed by atoms with Crippen LogP contribution in [0.3, 0.4) is 0 Å². The summed E-state index contributed by atoms with van der Waals surface area (Å²) in [6, 6.07) is 8.19. The van der Waals surface area contributed by atoms with Crippen molar-refractivity contribution in [2.24, 2.45) is 5.41 Å². The summed E-state index contributed by atoms with van der Waals surface area (Å²) < 4.78 is 1.76. The molecule has 2 aromatic rings. The predicted molar refractivity (Wildman–Crippen MR) is 74.3 cm³/mol. The zero-order valence-electron chi connectivity index (χ0n) is 11.4. The van der Waals surface area contributed by atoms with Crippen molar-refractivity contribution in [2.75, 3.05) is 11.9 Å². The van der Waals surface area contributed by atoms with Crippen LogP contribution in [0.5, 0.6) is 0 Å². The maximum absolute atomic E-state index is 4.07. The van der Waals surface area contributed by atoms with Crippen LogP contribution in [0.25, 0.3) is 5.69 Å². The summed E-state index contributed by atoms with van der Waals surface area (Å²) in [7, 11) is 0. The molecule has 0 aliphatic heterocycles. The molecule has 0 radical (unpaired) electrons. The zero-order valence-corrected chi connectivity index (χ0v) is 11.4. The van der Waals surface area contributed by atoms with Crippen LogP contribution in [0, 0.1) is 12.3 Å². The standard InChI is InChI=1S/C14H19N5/c1-3-14(8-9-14)10-15-13-16-17-18-19(13)12-6-4-11(2)5-7-12/h4-7H,3,8-10H2,1-2H3,(H,15,16,18). The summed E-state index contributed by atoms with van der Waals surface area (Å²) in [5, 5.41) is 15.3. The lowest BCUT2D eigenvalue weighted by molar-refractivity contribution is 0.519. The maximum atomic E-state index is 4.07. The molecule has 5 nitrogen and oxygen atoms in total. The number of anilines is 1. The summed E-state index contributed by atoms with van der Waals surface area (Å²) in [5.74, 6) is 0.726. The molecule has 100 valence electrons. The van der Waals surface area contributed by atoms with Crippen molar-refractivity contribution in [3.63, 3.8) is 0 Å². The van der Waals surface area contributed by atoms with Gasteiger partial charge in [-0.1, -0.05) is 29.7 Å². The number of aryl methyl sites for hydroxylation is 1. The summed E-state index contributed by atoms with van der Waals surface area (Å²) in [6.07, 6.45) is 3.83. The Labute approximate surface area is 113 Å². The van der Waals surface area contributed by atoms with Gasteiger partial charge in [0, 0.05) is 6.54 Å². The average molecular weight is 257 g/mol. The molecule has 0 amide bonds. The Hall–Kier alpha value is -1.91. The molecule has 0 atom stereocenters. The molecule has 0 unspecified atom stereocenters. The molecule has 1 aromatic carbocycles. The van der Waals surface area contributed by atoms with Crippen LogP contribution in [-0.2, 0) is 0 Å². The Morgan fingerprint density at radius 2 is 2.00 bits per heavy atom. The van der Waals surface area contributed by atoms with Crippen LogP contribution >= 0.6 is 0 Å². The first-order chi connectivity index (χ1) is 9.22. The lowest BCUT2D eigenvalue weighted by atomic mass is 10.0. The third-order valence-corrected chi connectivity index (χ3v) is 4.08. The van der Waals surface area contributed by atoms with Crippen LogP contribution in [0.4, 0.5) is 5.95 Å². The van der Waals surface area contributed by atoms with Gasteiger partial charge in [-0.2, -0.15) is 4.68 Å².